The first-order valence-electron chi connectivity index (χ1n) is 9.32. The molecule has 1 aliphatic rings. The summed E-state index contributed by atoms with van der Waals surface area (Å²) in [6.45, 7) is 2.46. The molecule has 150 valence electrons. The molecular weight excluding hydrogens is 378 g/mol. The number of aryl methyl sites for hydroxylation is 2. The van der Waals surface area contributed by atoms with Crippen molar-refractivity contribution in [2.45, 2.75) is 19.9 Å². The highest BCUT2D eigenvalue weighted by atomic mass is 19.2. The molecule has 0 saturated carbocycles. The van der Waals surface area contributed by atoms with Gasteiger partial charge in [-0.2, -0.15) is 0 Å². The van der Waals surface area contributed by atoms with Crippen LogP contribution in [0.2, 0.25) is 0 Å². The average molecular weight is 398 g/mol. The molecule has 8 heteroatoms. The van der Waals surface area contributed by atoms with Crippen LogP contribution in [0.5, 0.6) is 0 Å². The Morgan fingerprint density at radius 3 is 2.76 bits per heavy atom. The predicted molar refractivity (Wildman–Crippen MR) is 104 cm³/mol. The highest BCUT2D eigenvalue weighted by Gasteiger charge is 2.37. The molecule has 2 amide bonds. The number of rotatable bonds is 4. The van der Waals surface area contributed by atoms with Gasteiger partial charge in [0.25, 0.3) is 0 Å². The summed E-state index contributed by atoms with van der Waals surface area (Å²) >= 11 is 0. The van der Waals surface area contributed by atoms with E-state index in [0.29, 0.717) is 12.2 Å². The Bertz CT molecular complexity index is 1130. The normalized spacial score (nSPS) is 16.6. The van der Waals surface area contributed by atoms with Crippen LogP contribution >= 0.6 is 0 Å². The van der Waals surface area contributed by atoms with Crippen LogP contribution in [-0.2, 0) is 23.2 Å². The first-order valence-corrected chi connectivity index (χ1v) is 9.32. The number of nitrogens with one attached hydrogen (secondary N) is 1. The number of hydrogen-bond donors (Lipinski definition) is 1. The third-order valence-electron chi connectivity index (χ3n) is 5.35. The largest absolute Gasteiger partial charge is 0.348 e. The van der Waals surface area contributed by atoms with E-state index in [1.807, 2.05) is 36.7 Å². The molecular formula is C21H20F2N4O2. The zero-order chi connectivity index (χ0) is 20.7. The molecule has 1 atom stereocenters. The number of carbonyl (C=O) groups is 2. The number of imidazole rings is 1. The first-order chi connectivity index (χ1) is 13.9. The van der Waals surface area contributed by atoms with Crippen LogP contribution in [-0.4, -0.2) is 27.9 Å². The smallest absolute Gasteiger partial charge is 0.239 e. The van der Waals surface area contributed by atoms with Crippen LogP contribution in [0.3, 0.4) is 0 Å². The lowest BCUT2D eigenvalue weighted by Gasteiger charge is -2.17. The van der Waals surface area contributed by atoms with Gasteiger partial charge in [-0.3, -0.25) is 9.59 Å². The Hall–Kier alpha value is -3.29. The van der Waals surface area contributed by atoms with Crippen LogP contribution in [0, 0.1) is 24.5 Å². The number of aromatic nitrogens is 2. The number of fused-ring (bicyclic) bond motifs is 1. The molecule has 1 saturated heterocycles. The van der Waals surface area contributed by atoms with E-state index in [2.05, 4.69) is 10.3 Å². The highest BCUT2D eigenvalue weighted by Crippen LogP contribution is 2.27. The van der Waals surface area contributed by atoms with E-state index >= 15 is 0 Å². The number of nitrogens with zero attached hydrogens (tertiary/aromatic N) is 3. The van der Waals surface area contributed by atoms with E-state index in [-0.39, 0.29) is 18.8 Å². The van der Waals surface area contributed by atoms with E-state index in [1.54, 1.807) is 0 Å². The Balaban J connectivity index is 1.45. The molecule has 3 aromatic rings. The summed E-state index contributed by atoms with van der Waals surface area (Å²) in [6.07, 6.45) is 0.311. The van der Waals surface area contributed by atoms with Gasteiger partial charge in [-0.05, 0) is 37.1 Å². The summed E-state index contributed by atoms with van der Waals surface area (Å²) in [6, 6.07) is 9.11. The molecule has 0 aliphatic carbocycles. The van der Waals surface area contributed by atoms with E-state index in [0.717, 1.165) is 28.7 Å². The molecule has 6 nitrogen and oxygen atoms in total. The molecule has 1 aliphatic heterocycles. The predicted octanol–water partition coefficient (Wildman–Crippen LogP) is 2.83. The van der Waals surface area contributed by atoms with Crippen LogP contribution in [0.15, 0.2) is 36.4 Å². The van der Waals surface area contributed by atoms with Crippen molar-refractivity contribution >= 4 is 28.5 Å². The maximum absolute atomic E-state index is 13.5. The second kappa shape index (κ2) is 7.27. The fourth-order valence-electron chi connectivity index (χ4n) is 3.79. The Morgan fingerprint density at radius 1 is 1.24 bits per heavy atom. The van der Waals surface area contributed by atoms with Gasteiger partial charge in [-0.1, -0.05) is 12.1 Å². The fourth-order valence-corrected chi connectivity index (χ4v) is 3.79. The van der Waals surface area contributed by atoms with Crippen LogP contribution < -0.4 is 10.2 Å². The molecule has 29 heavy (non-hydrogen) atoms. The number of amides is 2. The van der Waals surface area contributed by atoms with Crippen molar-refractivity contribution < 1.29 is 18.4 Å². The zero-order valence-corrected chi connectivity index (χ0v) is 16.1. The van der Waals surface area contributed by atoms with Gasteiger partial charge in [0.1, 0.15) is 11.7 Å². The Kier molecular flexibility index (Phi) is 4.77. The maximum atomic E-state index is 13.5. The molecule has 0 radical (unpaired) electrons. The molecule has 1 aromatic heterocycles. The second-order valence-corrected chi connectivity index (χ2v) is 7.18. The maximum Gasteiger partial charge on any atom is 0.239 e. The standard InChI is InChI=1S/C21H20F2N4O2/c1-12-4-3-5-17-19(12)26(2)18(25-17)11-24-20(28)14-8-9-27(21(14)29)13-6-7-15(22)16(23)10-13/h3-7,10,14H,8-9,11H2,1-2H3,(H,24,28). The fraction of sp³-hybridized carbons (Fsp3) is 0.286. The average Bonchev–Trinajstić information content (AvgIpc) is 3.23. The van der Waals surface area contributed by atoms with Crippen molar-refractivity contribution in [2.24, 2.45) is 13.0 Å². The van der Waals surface area contributed by atoms with Crippen molar-refractivity contribution in [2.75, 3.05) is 11.4 Å². The third-order valence-corrected chi connectivity index (χ3v) is 5.35. The molecule has 4 rings (SSSR count). The van der Waals surface area contributed by atoms with E-state index in [4.69, 9.17) is 0 Å². The molecule has 2 aromatic carbocycles. The molecule has 0 bridgehead atoms. The highest BCUT2D eigenvalue weighted by molar-refractivity contribution is 6.09. The van der Waals surface area contributed by atoms with Gasteiger partial charge in [0.05, 0.1) is 17.6 Å². The quantitative estimate of drug-likeness (QED) is 0.688. The van der Waals surface area contributed by atoms with Crippen LogP contribution in [0.4, 0.5) is 14.5 Å². The van der Waals surface area contributed by atoms with Crippen molar-refractivity contribution in [3.63, 3.8) is 0 Å². The van der Waals surface area contributed by atoms with E-state index in [1.165, 1.54) is 11.0 Å². The SMILES string of the molecule is Cc1cccc2nc(CNC(=O)C3CCN(c4ccc(F)c(F)c4)C3=O)n(C)c12. The van der Waals surface area contributed by atoms with Gasteiger partial charge in [0.15, 0.2) is 11.6 Å². The lowest BCUT2D eigenvalue weighted by molar-refractivity contribution is -0.132. The minimum absolute atomic E-state index is 0.193. The monoisotopic (exact) mass is 398 g/mol. The van der Waals surface area contributed by atoms with Gasteiger partial charge in [0.2, 0.25) is 11.8 Å². The topological polar surface area (TPSA) is 67.2 Å². The van der Waals surface area contributed by atoms with Gasteiger partial charge < -0.3 is 14.8 Å². The van der Waals surface area contributed by atoms with Gasteiger partial charge in [-0.15, -0.1) is 0 Å². The molecule has 1 N–H and O–H groups in total. The number of halogens is 2. The van der Waals surface area contributed by atoms with E-state index < -0.39 is 29.4 Å². The number of anilines is 1. The Morgan fingerprint density at radius 2 is 2.03 bits per heavy atom. The Labute approximate surface area is 166 Å². The minimum atomic E-state index is -1.03. The van der Waals surface area contributed by atoms with Gasteiger partial charge >= 0.3 is 0 Å². The van der Waals surface area contributed by atoms with Crippen molar-refractivity contribution in [3.05, 3.63) is 59.4 Å². The summed E-state index contributed by atoms with van der Waals surface area (Å²) in [5, 5.41) is 2.78. The van der Waals surface area contributed by atoms with Crippen LogP contribution in [0.25, 0.3) is 11.0 Å². The molecule has 1 fully saturated rings. The minimum Gasteiger partial charge on any atom is -0.348 e. The number of para-hydroxylation sites is 1. The molecule has 2 heterocycles. The lowest BCUT2D eigenvalue weighted by Crippen LogP contribution is -2.37. The van der Waals surface area contributed by atoms with Crippen molar-refractivity contribution in [1.29, 1.82) is 0 Å². The number of hydrogen-bond acceptors (Lipinski definition) is 3. The van der Waals surface area contributed by atoms with Crippen molar-refractivity contribution in [3.8, 4) is 0 Å². The number of carbonyl (C=O) groups excluding carboxylic acids is 2. The summed E-state index contributed by atoms with van der Waals surface area (Å²) in [5.74, 6) is -3.00. The van der Waals surface area contributed by atoms with Crippen LogP contribution in [0.1, 0.15) is 17.8 Å². The lowest BCUT2D eigenvalue weighted by atomic mass is 10.1. The van der Waals surface area contributed by atoms with Crippen molar-refractivity contribution in [1.82, 2.24) is 14.9 Å². The summed E-state index contributed by atoms with van der Waals surface area (Å²) in [5.41, 5.74) is 3.18. The van der Waals surface area contributed by atoms with E-state index in [9.17, 15) is 18.4 Å². The zero-order valence-electron chi connectivity index (χ0n) is 16.1. The second-order valence-electron chi connectivity index (χ2n) is 7.18. The molecule has 0 spiro atoms. The van der Waals surface area contributed by atoms with Gasteiger partial charge in [0, 0.05) is 25.3 Å². The third kappa shape index (κ3) is 3.35. The summed E-state index contributed by atoms with van der Waals surface area (Å²) in [7, 11) is 1.88. The number of benzene rings is 2. The summed E-state index contributed by atoms with van der Waals surface area (Å²) < 4.78 is 28.5. The summed E-state index contributed by atoms with van der Waals surface area (Å²) in [4.78, 5) is 31.1. The first kappa shape index (κ1) is 19.0. The molecule has 1 unspecified atom stereocenters. The van der Waals surface area contributed by atoms with Gasteiger partial charge in [-0.25, -0.2) is 13.8 Å².